The van der Waals surface area contributed by atoms with Crippen LogP contribution < -0.4 is 10.9 Å². The number of nitrogens with two attached hydrogens (primary N) is 2. The van der Waals surface area contributed by atoms with Crippen molar-refractivity contribution in [3.05, 3.63) is 89.5 Å². The molecule has 0 amide bonds. The van der Waals surface area contributed by atoms with Crippen LogP contribution in [0.2, 0.25) is 0 Å². The molecule has 35 heavy (non-hydrogen) atoms. The van der Waals surface area contributed by atoms with Crippen LogP contribution in [0.4, 0.5) is 0 Å². The summed E-state index contributed by atoms with van der Waals surface area (Å²) in [5.41, 5.74) is 9.58. The van der Waals surface area contributed by atoms with E-state index in [2.05, 4.69) is 4.90 Å². The van der Waals surface area contributed by atoms with Crippen molar-refractivity contribution in [2.75, 3.05) is 20.2 Å². The minimum Gasteiger partial charge on any atom is -0.469 e. The van der Waals surface area contributed by atoms with Crippen LogP contribution >= 0.6 is 0 Å². The van der Waals surface area contributed by atoms with Crippen LogP contribution in [-0.4, -0.2) is 45.3 Å². The lowest BCUT2D eigenvalue weighted by atomic mass is 9.88. The van der Waals surface area contributed by atoms with E-state index in [0.717, 1.165) is 16.7 Å². The van der Waals surface area contributed by atoms with Gasteiger partial charge in [0.15, 0.2) is 0 Å². The zero-order chi connectivity index (χ0) is 25.2. The number of methoxy groups -OCH3 is 1. The molecule has 3 aromatic rings. The van der Waals surface area contributed by atoms with Gasteiger partial charge in [0.05, 0.1) is 17.9 Å². The fourth-order valence-corrected chi connectivity index (χ4v) is 5.44. The van der Waals surface area contributed by atoms with Gasteiger partial charge in [0.1, 0.15) is 5.84 Å². The molecule has 0 aromatic heterocycles. The van der Waals surface area contributed by atoms with Gasteiger partial charge in [-0.15, -0.1) is 0 Å². The fraction of sp³-hybridized carbons (Fsp3) is 0.231. The van der Waals surface area contributed by atoms with Gasteiger partial charge in [0.25, 0.3) is 0 Å². The Morgan fingerprint density at radius 3 is 2.43 bits per heavy atom. The van der Waals surface area contributed by atoms with Crippen LogP contribution in [0.15, 0.2) is 77.7 Å². The Morgan fingerprint density at radius 1 is 1.06 bits per heavy atom. The summed E-state index contributed by atoms with van der Waals surface area (Å²) in [6.07, 6.45) is 0. The zero-order valence-corrected chi connectivity index (χ0v) is 20.2. The molecule has 0 saturated carbocycles. The van der Waals surface area contributed by atoms with Crippen LogP contribution in [0.1, 0.15) is 22.6 Å². The minimum atomic E-state index is -3.84. The summed E-state index contributed by atoms with van der Waals surface area (Å²) < 4.78 is 29.0. The number of esters is 1. The van der Waals surface area contributed by atoms with Crippen molar-refractivity contribution in [2.24, 2.45) is 16.8 Å². The second kappa shape index (κ2) is 9.99. The quantitative estimate of drug-likeness (QED) is 0.263. The molecule has 182 valence electrons. The third-order valence-electron chi connectivity index (χ3n) is 6.39. The predicted molar refractivity (Wildman–Crippen MR) is 134 cm³/mol. The Labute approximate surface area is 205 Å². The van der Waals surface area contributed by atoms with E-state index < -0.39 is 10.0 Å². The molecule has 1 heterocycles. The van der Waals surface area contributed by atoms with E-state index in [9.17, 15) is 13.2 Å². The highest BCUT2D eigenvalue weighted by atomic mass is 32.2. The number of primary sulfonamides is 1. The number of hydrogen-bond acceptors (Lipinski definition) is 6. The SMILES string of the molecule is COC(=O)[C@@H]1CN(Cc2ccc(-c3ccccc3S(N)(=O)=O)cc2)C[C@@H]1c1cccc(C(=N)N)c1. The van der Waals surface area contributed by atoms with Crippen molar-refractivity contribution in [2.45, 2.75) is 17.4 Å². The van der Waals surface area contributed by atoms with Crippen molar-refractivity contribution in [3.63, 3.8) is 0 Å². The van der Waals surface area contributed by atoms with Crippen molar-refractivity contribution in [1.29, 1.82) is 5.41 Å². The van der Waals surface area contributed by atoms with Crippen LogP contribution in [0.3, 0.4) is 0 Å². The minimum absolute atomic E-state index is 0.0135. The number of carbonyl (C=O) groups excluding carboxylic acids is 1. The number of carbonyl (C=O) groups is 1. The molecule has 3 aromatic carbocycles. The number of nitrogen functional groups attached to an aromatic ring is 1. The van der Waals surface area contributed by atoms with E-state index in [1.807, 2.05) is 42.5 Å². The maximum atomic E-state index is 12.6. The second-order valence-electron chi connectivity index (χ2n) is 8.71. The Kier molecular flexibility index (Phi) is 7.02. The van der Waals surface area contributed by atoms with E-state index in [-0.39, 0.29) is 28.5 Å². The molecular weight excluding hydrogens is 464 g/mol. The van der Waals surface area contributed by atoms with Crippen LogP contribution in [0, 0.1) is 11.3 Å². The number of benzene rings is 3. The first-order valence-electron chi connectivity index (χ1n) is 11.1. The van der Waals surface area contributed by atoms with Crippen molar-refractivity contribution in [3.8, 4) is 11.1 Å². The van der Waals surface area contributed by atoms with Gasteiger partial charge in [-0.1, -0.05) is 60.7 Å². The predicted octanol–water partition coefficient (Wildman–Crippen LogP) is 2.67. The number of ether oxygens (including phenoxy) is 1. The summed E-state index contributed by atoms with van der Waals surface area (Å²) in [6, 6.07) is 21.7. The molecule has 0 unspecified atom stereocenters. The number of nitrogens with one attached hydrogen (secondary N) is 1. The maximum absolute atomic E-state index is 12.6. The van der Waals surface area contributed by atoms with Gasteiger partial charge in [0, 0.05) is 36.7 Å². The standard InChI is InChI=1S/C26H28N4O4S/c1-34-26(31)23-16-30(15-22(23)19-5-4-6-20(13-19)25(27)28)14-17-9-11-18(12-10-17)21-7-2-3-8-24(21)35(29,32)33/h2-13,22-23H,14-16H2,1H3,(H3,27,28)(H2,29,32,33)/t22-,23-/m1/s1. The van der Waals surface area contributed by atoms with E-state index in [1.165, 1.54) is 13.2 Å². The number of rotatable bonds is 7. The molecular formula is C26H28N4O4S. The molecule has 0 radical (unpaired) electrons. The normalized spacial score (nSPS) is 18.3. The van der Waals surface area contributed by atoms with Gasteiger partial charge in [-0.25, -0.2) is 13.6 Å². The molecule has 1 aliphatic rings. The van der Waals surface area contributed by atoms with E-state index in [0.29, 0.717) is 30.8 Å². The Bertz CT molecular complexity index is 1360. The average molecular weight is 493 g/mol. The lowest BCUT2D eigenvalue weighted by Gasteiger charge is -2.17. The second-order valence-corrected chi connectivity index (χ2v) is 10.2. The smallest absolute Gasteiger partial charge is 0.310 e. The van der Waals surface area contributed by atoms with E-state index in [4.69, 9.17) is 21.0 Å². The molecule has 1 aliphatic heterocycles. The highest BCUT2D eigenvalue weighted by molar-refractivity contribution is 7.89. The maximum Gasteiger partial charge on any atom is 0.310 e. The van der Waals surface area contributed by atoms with Crippen molar-refractivity contribution < 1.29 is 17.9 Å². The fourth-order valence-electron chi connectivity index (χ4n) is 4.68. The van der Waals surface area contributed by atoms with Crippen LogP contribution in [0.5, 0.6) is 0 Å². The van der Waals surface area contributed by atoms with Crippen molar-refractivity contribution >= 4 is 21.8 Å². The monoisotopic (exact) mass is 492 g/mol. The Hall–Kier alpha value is -3.53. The van der Waals surface area contributed by atoms with Gasteiger partial charge in [-0.2, -0.15) is 0 Å². The Morgan fingerprint density at radius 2 is 1.77 bits per heavy atom. The summed E-state index contributed by atoms with van der Waals surface area (Å²) in [6.45, 7) is 1.81. The summed E-state index contributed by atoms with van der Waals surface area (Å²) in [5.74, 6) is -0.688. The average Bonchev–Trinajstić information content (AvgIpc) is 3.27. The van der Waals surface area contributed by atoms with Gasteiger partial charge in [-0.3, -0.25) is 15.1 Å². The number of hydrogen-bond donors (Lipinski definition) is 3. The van der Waals surface area contributed by atoms with E-state index in [1.54, 1.807) is 24.3 Å². The lowest BCUT2D eigenvalue weighted by molar-refractivity contribution is -0.145. The number of amidine groups is 1. The molecule has 8 nitrogen and oxygen atoms in total. The number of likely N-dealkylation sites (tertiary alicyclic amines) is 1. The van der Waals surface area contributed by atoms with Gasteiger partial charge < -0.3 is 10.5 Å². The third-order valence-corrected chi connectivity index (χ3v) is 7.36. The van der Waals surface area contributed by atoms with Crippen LogP contribution in [-0.2, 0) is 26.1 Å². The summed E-state index contributed by atoms with van der Waals surface area (Å²) in [7, 11) is -2.45. The first-order valence-corrected chi connectivity index (χ1v) is 12.7. The first kappa shape index (κ1) is 24.6. The van der Waals surface area contributed by atoms with Crippen LogP contribution in [0.25, 0.3) is 11.1 Å². The third kappa shape index (κ3) is 5.43. The molecule has 5 N–H and O–H groups in total. The van der Waals surface area contributed by atoms with Gasteiger partial charge >= 0.3 is 5.97 Å². The summed E-state index contributed by atoms with van der Waals surface area (Å²) >= 11 is 0. The van der Waals surface area contributed by atoms with Crippen molar-refractivity contribution in [1.82, 2.24) is 4.90 Å². The largest absolute Gasteiger partial charge is 0.469 e. The molecule has 9 heteroatoms. The zero-order valence-electron chi connectivity index (χ0n) is 19.3. The number of sulfonamides is 1. The molecule has 4 rings (SSSR count). The highest BCUT2D eigenvalue weighted by Gasteiger charge is 2.39. The summed E-state index contributed by atoms with van der Waals surface area (Å²) in [5, 5.41) is 13.1. The van der Waals surface area contributed by atoms with E-state index >= 15 is 0 Å². The molecule has 1 fully saturated rings. The molecule has 1 saturated heterocycles. The first-order chi connectivity index (χ1) is 16.7. The van der Waals surface area contributed by atoms with Gasteiger partial charge in [-0.05, 0) is 28.8 Å². The number of nitrogens with zero attached hydrogens (tertiary/aromatic N) is 1. The molecule has 2 atom stereocenters. The topological polar surface area (TPSA) is 140 Å². The van der Waals surface area contributed by atoms with Gasteiger partial charge in [0.2, 0.25) is 10.0 Å². The highest BCUT2D eigenvalue weighted by Crippen LogP contribution is 2.35. The Balaban J connectivity index is 1.55. The summed E-state index contributed by atoms with van der Waals surface area (Å²) in [4.78, 5) is 14.8. The lowest BCUT2D eigenvalue weighted by Crippen LogP contribution is -2.24. The molecule has 0 spiro atoms. The molecule has 0 bridgehead atoms. The molecule has 0 aliphatic carbocycles.